The summed E-state index contributed by atoms with van der Waals surface area (Å²) >= 11 is 1.39. The number of ether oxygens (including phenoxy) is 1. The summed E-state index contributed by atoms with van der Waals surface area (Å²) in [6.45, 7) is 4.37. The second kappa shape index (κ2) is 6.86. The molecule has 0 atom stereocenters. The van der Waals surface area contributed by atoms with Crippen molar-refractivity contribution in [2.45, 2.75) is 26.5 Å². The summed E-state index contributed by atoms with van der Waals surface area (Å²) in [5.74, 6) is 0.484. The third kappa shape index (κ3) is 3.18. The van der Waals surface area contributed by atoms with E-state index in [2.05, 4.69) is 21.8 Å². The molecule has 0 radical (unpaired) electrons. The number of amides is 1. The summed E-state index contributed by atoms with van der Waals surface area (Å²) in [6.07, 6.45) is 1.78. The second-order valence-electron chi connectivity index (χ2n) is 6.64. The van der Waals surface area contributed by atoms with Crippen molar-refractivity contribution >= 4 is 17.4 Å². The largest absolute Gasteiger partial charge is 0.490 e. The highest BCUT2D eigenvalue weighted by Crippen LogP contribution is 2.36. The molecular formula is C21H17N3O2S. The highest BCUT2D eigenvalue weighted by atomic mass is 32.1. The Kier molecular flexibility index (Phi) is 4.38. The van der Waals surface area contributed by atoms with Crippen LogP contribution in [0.15, 0.2) is 41.9 Å². The average molecular weight is 375 g/mol. The lowest BCUT2D eigenvalue weighted by molar-refractivity contribution is 0.0966. The number of carbonyl (C=O) groups excluding carboxylic acids is 1. The van der Waals surface area contributed by atoms with Crippen LogP contribution in [-0.2, 0) is 6.54 Å². The van der Waals surface area contributed by atoms with Gasteiger partial charge in [-0.05, 0) is 71.9 Å². The lowest BCUT2D eigenvalue weighted by Crippen LogP contribution is -2.12. The van der Waals surface area contributed by atoms with Crippen molar-refractivity contribution in [3.8, 4) is 34.1 Å². The molecule has 0 unspecified atom stereocenters. The average Bonchev–Trinajstić information content (AvgIpc) is 3.31. The van der Waals surface area contributed by atoms with Crippen molar-refractivity contribution in [2.24, 2.45) is 0 Å². The van der Waals surface area contributed by atoms with Gasteiger partial charge < -0.3 is 10.1 Å². The fourth-order valence-corrected chi connectivity index (χ4v) is 3.77. The van der Waals surface area contributed by atoms with E-state index in [0.717, 1.165) is 27.8 Å². The van der Waals surface area contributed by atoms with Crippen molar-refractivity contribution in [3.63, 3.8) is 0 Å². The summed E-state index contributed by atoms with van der Waals surface area (Å²) < 4.78 is 10.00. The minimum absolute atomic E-state index is 0.0365. The second-order valence-corrected chi connectivity index (χ2v) is 7.29. The molecule has 3 aromatic rings. The molecule has 0 fully saturated rings. The summed E-state index contributed by atoms with van der Waals surface area (Å²) in [4.78, 5) is 12.3. The maximum atomic E-state index is 12.3. The molecule has 0 bridgehead atoms. The van der Waals surface area contributed by atoms with Crippen LogP contribution >= 0.6 is 11.5 Å². The molecule has 4 rings (SSSR count). The molecule has 5 nitrogen and oxygen atoms in total. The minimum atomic E-state index is -0.0661. The fraction of sp³-hybridized carbons (Fsp3) is 0.190. The van der Waals surface area contributed by atoms with E-state index in [0.29, 0.717) is 23.4 Å². The highest BCUT2D eigenvalue weighted by molar-refractivity contribution is 7.03. The first kappa shape index (κ1) is 17.3. The van der Waals surface area contributed by atoms with Gasteiger partial charge in [0.2, 0.25) is 0 Å². The Labute approximate surface area is 161 Å². The molecule has 1 N–H and O–H groups in total. The van der Waals surface area contributed by atoms with Crippen LogP contribution in [0.25, 0.3) is 22.3 Å². The summed E-state index contributed by atoms with van der Waals surface area (Å²) in [6, 6.07) is 11.6. The van der Waals surface area contributed by atoms with Crippen LogP contribution in [0.4, 0.5) is 0 Å². The van der Waals surface area contributed by atoms with Crippen molar-refractivity contribution in [3.05, 3.63) is 58.6 Å². The van der Waals surface area contributed by atoms with Crippen molar-refractivity contribution in [1.82, 2.24) is 9.69 Å². The molecule has 1 aliphatic heterocycles. The number of fused-ring (bicyclic) bond motifs is 1. The number of hydrogen-bond donors (Lipinski definition) is 1. The minimum Gasteiger partial charge on any atom is -0.490 e. The molecule has 2 heterocycles. The number of nitriles is 1. The molecule has 0 saturated carbocycles. The Hall–Kier alpha value is -3.17. The number of hydrogen-bond acceptors (Lipinski definition) is 5. The van der Waals surface area contributed by atoms with E-state index >= 15 is 0 Å². The quantitative estimate of drug-likeness (QED) is 0.734. The number of nitrogens with one attached hydrogen (secondary N) is 1. The van der Waals surface area contributed by atoms with Gasteiger partial charge in [-0.2, -0.15) is 5.26 Å². The maximum Gasteiger partial charge on any atom is 0.251 e. The predicted molar refractivity (Wildman–Crippen MR) is 105 cm³/mol. The van der Waals surface area contributed by atoms with Gasteiger partial charge in [0, 0.05) is 29.2 Å². The number of nitrogens with zero attached hydrogens (tertiary/aromatic N) is 2. The number of rotatable bonds is 4. The molecular weight excluding hydrogens is 358 g/mol. The summed E-state index contributed by atoms with van der Waals surface area (Å²) in [5, 5.41) is 14.2. The standard InChI is InChI=1S/C21H17N3O2S/c1-12(2)26-20-7-13(3-4-14(20)8-22)15-5-17(16-9-24-27-11-16)19-10-23-21(25)18(19)6-15/h3-7,9,11-12H,10H2,1-2H3,(H,23,25). The van der Waals surface area contributed by atoms with E-state index in [1.54, 1.807) is 6.07 Å². The molecule has 134 valence electrons. The zero-order valence-electron chi connectivity index (χ0n) is 14.9. The van der Waals surface area contributed by atoms with E-state index in [1.165, 1.54) is 11.5 Å². The van der Waals surface area contributed by atoms with E-state index in [1.807, 2.05) is 43.6 Å². The highest BCUT2D eigenvalue weighted by Gasteiger charge is 2.24. The van der Waals surface area contributed by atoms with Crippen LogP contribution in [0.2, 0.25) is 0 Å². The van der Waals surface area contributed by atoms with Crippen LogP contribution < -0.4 is 10.1 Å². The summed E-state index contributed by atoms with van der Waals surface area (Å²) in [5.41, 5.74) is 5.99. The van der Waals surface area contributed by atoms with E-state index in [-0.39, 0.29) is 12.0 Å². The van der Waals surface area contributed by atoms with Crippen LogP contribution in [-0.4, -0.2) is 16.4 Å². The van der Waals surface area contributed by atoms with Crippen molar-refractivity contribution < 1.29 is 9.53 Å². The Morgan fingerprint density at radius 3 is 2.70 bits per heavy atom. The van der Waals surface area contributed by atoms with Gasteiger partial charge in [0.15, 0.2) is 0 Å². The number of carbonyl (C=O) groups is 1. The van der Waals surface area contributed by atoms with Crippen LogP contribution in [0.3, 0.4) is 0 Å². The van der Waals surface area contributed by atoms with E-state index in [4.69, 9.17) is 4.74 Å². The topological polar surface area (TPSA) is 75.0 Å². The Bertz CT molecular complexity index is 1070. The lowest BCUT2D eigenvalue weighted by atomic mass is 9.92. The Balaban J connectivity index is 1.88. The van der Waals surface area contributed by atoms with Gasteiger partial charge in [0.25, 0.3) is 5.91 Å². The molecule has 0 saturated heterocycles. The SMILES string of the molecule is CC(C)Oc1cc(-c2cc3c(c(-c4cnsc4)c2)CNC3=O)ccc1C#N. The maximum absolute atomic E-state index is 12.3. The summed E-state index contributed by atoms with van der Waals surface area (Å²) in [7, 11) is 0. The van der Waals surface area contributed by atoms with Gasteiger partial charge in [0.05, 0.1) is 11.7 Å². The molecule has 1 aromatic heterocycles. The fourth-order valence-electron chi connectivity index (χ4n) is 3.24. The van der Waals surface area contributed by atoms with Gasteiger partial charge >= 0.3 is 0 Å². The Morgan fingerprint density at radius 1 is 1.19 bits per heavy atom. The molecule has 1 amide bonds. The number of benzene rings is 2. The van der Waals surface area contributed by atoms with Crippen molar-refractivity contribution in [1.29, 1.82) is 5.26 Å². The molecule has 2 aromatic carbocycles. The normalized spacial score (nSPS) is 12.6. The van der Waals surface area contributed by atoms with Gasteiger partial charge in [-0.25, -0.2) is 4.37 Å². The van der Waals surface area contributed by atoms with Crippen molar-refractivity contribution in [2.75, 3.05) is 0 Å². The predicted octanol–water partition coefficient (Wildman–Crippen LogP) is 4.38. The molecule has 1 aliphatic rings. The first-order valence-electron chi connectivity index (χ1n) is 8.63. The molecule has 0 spiro atoms. The van der Waals surface area contributed by atoms with Gasteiger partial charge in [-0.3, -0.25) is 4.79 Å². The zero-order valence-corrected chi connectivity index (χ0v) is 15.8. The van der Waals surface area contributed by atoms with Crippen LogP contribution in [0, 0.1) is 11.3 Å². The zero-order chi connectivity index (χ0) is 19.0. The first-order chi connectivity index (χ1) is 13.1. The smallest absolute Gasteiger partial charge is 0.251 e. The first-order valence-corrected chi connectivity index (χ1v) is 9.46. The van der Waals surface area contributed by atoms with Crippen LogP contribution in [0.5, 0.6) is 5.75 Å². The lowest BCUT2D eigenvalue weighted by Gasteiger charge is -2.14. The van der Waals surface area contributed by atoms with Crippen LogP contribution in [0.1, 0.15) is 35.3 Å². The monoisotopic (exact) mass is 375 g/mol. The molecule has 6 heteroatoms. The third-order valence-electron chi connectivity index (χ3n) is 4.46. The van der Waals surface area contributed by atoms with Gasteiger partial charge in [-0.1, -0.05) is 6.07 Å². The molecule has 27 heavy (non-hydrogen) atoms. The van der Waals surface area contributed by atoms with Gasteiger partial charge in [-0.15, -0.1) is 0 Å². The van der Waals surface area contributed by atoms with Gasteiger partial charge in [0.1, 0.15) is 11.8 Å². The van der Waals surface area contributed by atoms with E-state index < -0.39 is 0 Å². The molecule has 0 aliphatic carbocycles. The Morgan fingerprint density at radius 2 is 2.00 bits per heavy atom. The number of aromatic nitrogens is 1. The van der Waals surface area contributed by atoms with E-state index in [9.17, 15) is 10.1 Å². The third-order valence-corrected chi connectivity index (χ3v) is 5.05.